The molecule has 0 aromatic heterocycles. The number of aliphatic hydroxyl groups is 1. The Morgan fingerprint density at radius 3 is 2.47 bits per heavy atom. The summed E-state index contributed by atoms with van der Waals surface area (Å²) in [5, 5.41) is 9.58. The van der Waals surface area contributed by atoms with Crippen LogP contribution in [0.2, 0.25) is 0 Å². The minimum Gasteiger partial charge on any atom is -0.396 e. The van der Waals surface area contributed by atoms with Gasteiger partial charge in [-0.25, -0.2) is 0 Å². The number of aliphatic hydroxyl groups excluding tert-OH is 1. The van der Waals surface area contributed by atoms with Crippen LogP contribution in [0.5, 0.6) is 0 Å². The van der Waals surface area contributed by atoms with Gasteiger partial charge >= 0.3 is 0 Å². The lowest BCUT2D eigenvalue weighted by molar-refractivity contribution is 0.0503. The molecular weight excluding hydrogens is 206 g/mol. The fourth-order valence-electron chi connectivity index (χ4n) is 2.57. The van der Waals surface area contributed by atoms with Crippen molar-refractivity contribution in [2.45, 2.75) is 32.1 Å². The third kappa shape index (κ3) is 4.33. The molecule has 1 fully saturated rings. The summed E-state index contributed by atoms with van der Waals surface area (Å²) >= 11 is 1.89. The summed E-state index contributed by atoms with van der Waals surface area (Å²) in [7, 11) is 2.18. The van der Waals surface area contributed by atoms with Gasteiger partial charge in [-0.2, -0.15) is 11.8 Å². The zero-order chi connectivity index (χ0) is 11.1. The number of nitrogens with zero attached hydrogens (tertiary/aromatic N) is 1. The van der Waals surface area contributed by atoms with Gasteiger partial charge in [0.2, 0.25) is 0 Å². The van der Waals surface area contributed by atoms with Crippen molar-refractivity contribution in [1.82, 2.24) is 4.90 Å². The molecule has 15 heavy (non-hydrogen) atoms. The number of thioether (sulfide) groups is 1. The average molecular weight is 231 g/mol. The van der Waals surface area contributed by atoms with Crippen LogP contribution in [-0.4, -0.2) is 48.8 Å². The van der Waals surface area contributed by atoms with Crippen molar-refractivity contribution in [1.29, 1.82) is 0 Å². The van der Waals surface area contributed by atoms with Crippen LogP contribution in [0.3, 0.4) is 0 Å². The monoisotopic (exact) mass is 231 g/mol. The van der Waals surface area contributed by atoms with E-state index in [1.165, 1.54) is 37.9 Å². The molecule has 0 radical (unpaired) electrons. The Morgan fingerprint density at radius 2 is 1.93 bits per heavy atom. The highest BCUT2D eigenvalue weighted by Crippen LogP contribution is 2.36. The third-order valence-corrected chi connectivity index (χ3v) is 4.12. The maximum absolute atomic E-state index is 9.58. The first kappa shape index (κ1) is 13.3. The van der Waals surface area contributed by atoms with Gasteiger partial charge < -0.3 is 10.0 Å². The van der Waals surface area contributed by atoms with Crippen LogP contribution in [0, 0.1) is 5.41 Å². The molecule has 0 bridgehead atoms. The van der Waals surface area contributed by atoms with Gasteiger partial charge in [0, 0.05) is 30.9 Å². The normalized spacial score (nSPS) is 20.8. The molecule has 0 aliphatic heterocycles. The summed E-state index contributed by atoms with van der Waals surface area (Å²) in [6, 6.07) is 0. The molecule has 90 valence electrons. The molecule has 1 aliphatic rings. The maximum Gasteiger partial charge on any atom is 0.0499 e. The van der Waals surface area contributed by atoms with Crippen LogP contribution in [0.4, 0.5) is 0 Å². The van der Waals surface area contributed by atoms with Crippen LogP contribution in [0.1, 0.15) is 32.1 Å². The average Bonchev–Trinajstić information content (AvgIpc) is 2.27. The van der Waals surface area contributed by atoms with Gasteiger partial charge in [-0.05, 0) is 26.1 Å². The van der Waals surface area contributed by atoms with Gasteiger partial charge in [0.1, 0.15) is 0 Å². The fraction of sp³-hybridized carbons (Fsp3) is 1.00. The molecule has 0 heterocycles. The van der Waals surface area contributed by atoms with Crippen molar-refractivity contribution in [3.8, 4) is 0 Å². The van der Waals surface area contributed by atoms with Gasteiger partial charge in [0.15, 0.2) is 0 Å². The predicted octanol–water partition coefficient (Wildman–Crippen LogP) is 2.22. The summed E-state index contributed by atoms with van der Waals surface area (Å²) in [4.78, 5) is 2.39. The Morgan fingerprint density at radius 1 is 1.27 bits per heavy atom. The molecule has 0 aromatic carbocycles. The van der Waals surface area contributed by atoms with E-state index >= 15 is 0 Å². The van der Waals surface area contributed by atoms with E-state index < -0.39 is 0 Å². The van der Waals surface area contributed by atoms with E-state index in [1.54, 1.807) is 0 Å². The molecule has 1 rings (SSSR count). The van der Waals surface area contributed by atoms with E-state index in [-0.39, 0.29) is 5.41 Å². The SMILES string of the molecule is CSCCN(C)CC1(CO)CCCCC1. The van der Waals surface area contributed by atoms with Crippen molar-refractivity contribution in [2.24, 2.45) is 5.41 Å². The second kappa shape index (κ2) is 6.77. The quantitative estimate of drug-likeness (QED) is 0.758. The van der Waals surface area contributed by atoms with Crippen LogP contribution in [0.25, 0.3) is 0 Å². The first-order valence-electron chi connectivity index (χ1n) is 6.01. The van der Waals surface area contributed by atoms with E-state index in [4.69, 9.17) is 0 Å². The van der Waals surface area contributed by atoms with E-state index in [0.29, 0.717) is 6.61 Å². The Balaban J connectivity index is 2.37. The molecule has 0 unspecified atom stereocenters. The van der Waals surface area contributed by atoms with E-state index in [2.05, 4.69) is 18.2 Å². The standard InChI is InChI=1S/C12H25NOS/c1-13(8-9-15-2)10-12(11-14)6-4-3-5-7-12/h14H,3-11H2,1-2H3. The van der Waals surface area contributed by atoms with Gasteiger partial charge in [-0.15, -0.1) is 0 Å². The Hall–Kier alpha value is 0.270. The molecule has 1 saturated carbocycles. The lowest BCUT2D eigenvalue weighted by atomic mass is 9.74. The highest BCUT2D eigenvalue weighted by Gasteiger charge is 2.32. The van der Waals surface area contributed by atoms with Crippen molar-refractivity contribution in [2.75, 3.05) is 38.8 Å². The second-order valence-electron chi connectivity index (χ2n) is 4.95. The van der Waals surface area contributed by atoms with Crippen molar-refractivity contribution in [3.63, 3.8) is 0 Å². The van der Waals surface area contributed by atoms with E-state index in [0.717, 1.165) is 13.1 Å². The second-order valence-corrected chi connectivity index (χ2v) is 5.93. The topological polar surface area (TPSA) is 23.5 Å². The van der Waals surface area contributed by atoms with Crippen LogP contribution in [0.15, 0.2) is 0 Å². The molecule has 1 aliphatic carbocycles. The van der Waals surface area contributed by atoms with E-state index in [1.807, 2.05) is 11.8 Å². The number of hydrogen-bond donors (Lipinski definition) is 1. The molecule has 1 N–H and O–H groups in total. The Labute approximate surface area is 98.4 Å². The van der Waals surface area contributed by atoms with Crippen molar-refractivity contribution in [3.05, 3.63) is 0 Å². The van der Waals surface area contributed by atoms with Crippen LogP contribution in [-0.2, 0) is 0 Å². The minimum absolute atomic E-state index is 0.214. The molecular formula is C12H25NOS. The molecule has 0 amide bonds. The van der Waals surface area contributed by atoms with Gasteiger partial charge in [-0.3, -0.25) is 0 Å². The largest absolute Gasteiger partial charge is 0.396 e. The zero-order valence-corrected chi connectivity index (χ0v) is 11.0. The summed E-state index contributed by atoms with van der Waals surface area (Å²) in [5.41, 5.74) is 0.214. The van der Waals surface area contributed by atoms with E-state index in [9.17, 15) is 5.11 Å². The van der Waals surface area contributed by atoms with Crippen molar-refractivity contribution >= 4 is 11.8 Å². The zero-order valence-electron chi connectivity index (χ0n) is 10.2. The first-order valence-corrected chi connectivity index (χ1v) is 7.40. The number of hydrogen-bond acceptors (Lipinski definition) is 3. The third-order valence-electron chi connectivity index (χ3n) is 3.53. The van der Waals surface area contributed by atoms with Gasteiger partial charge in [0.05, 0.1) is 0 Å². The van der Waals surface area contributed by atoms with Crippen LogP contribution < -0.4 is 0 Å². The number of rotatable bonds is 6. The smallest absolute Gasteiger partial charge is 0.0499 e. The molecule has 0 saturated heterocycles. The minimum atomic E-state index is 0.214. The Bertz CT molecular complexity index is 169. The lowest BCUT2D eigenvalue weighted by Gasteiger charge is -2.38. The molecule has 0 atom stereocenters. The molecule has 2 nitrogen and oxygen atoms in total. The highest BCUT2D eigenvalue weighted by atomic mass is 32.2. The summed E-state index contributed by atoms with van der Waals surface area (Å²) in [6.07, 6.45) is 8.54. The highest BCUT2D eigenvalue weighted by molar-refractivity contribution is 7.98. The lowest BCUT2D eigenvalue weighted by Crippen LogP contribution is -2.40. The summed E-state index contributed by atoms with van der Waals surface area (Å²) in [5.74, 6) is 1.19. The maximum atomic E-state index is 9.58. The van der Waals surface area contributed by atoms with Gasteiger partial charge in [-0.1, -0.05) is 19.3 Å². The predicted molar refractivity (Wildman–Crippen MR) is 68.5 cm³/mol. The summed E-state index contributed by atoms with van der Waals surface area (Å²) in [6.45, 7) is 2.59. The molecule has 0 aromatic rings. The fourth-order valence-corrected chi connectivity index (χ4v) is 3.06. The Kier molecular flexibility index (Phi) is 6.02. The first-order chi connectivity index (χ1) is 7.22. The molecule has 0 spiro atoms. The van der Waals surface area contributed by atoms with Crippen LogP contribution >= 0.6 is 11.8 Å². The van der Waals surface area contributed by atoms with Gasteiger partial charge in [0.25, 0.3) is 0 Å². The summed E-state index contributed by atoms with van der Waals surface area (Å²) < 4.78 is 0. The van der Waals surface area contributed by atoms with Crippen molar-refractivity contribution < 1.29 is 5.11 Å². The molecule has 3 heteroatoms.